The maximum absolute atomic E-state index is 12.3. The summed E-state index contributed by atoms with van der Waals surface area (Å²) < 4.78 is 5.62. The SMILES string of the molecule is O=C(OC1C=CCC[C-](C(=O)ON2C(=O)CCC2=O)CC1)O[N+]1=C(O)CCC1=O.[Re]. The van der Waals surface area contributed by atoms with Gasteiger partial charge in [-0.25, -0.2) is 4.79 Å². The molecule has 0 saturated carbocycles. The van der Waals surface area contributed by atoms with E-state index in [0.29, 0.717) is 28.6 Å². The first kappa shape index (κ1) is 23.6. The maximum atomic E-state index is 12.3. The van der Waals surface area contributed by atoms with Crippen molar-refractivity contribution in [2.24, 2.45) is 0 Å². The van der Waals surface area contributed by atoms with Crippen molar-refractivity contribution in [1.29, 1.82) is 0 Å². The standard InChI is InChI=1S/C18H19N2O9.Re/c21-13-7-8-14(22)19(13)28-17(25)11-3-1-2-4-12(6-5-11)27-18(26)29-20-15(23)9-10-16(20)24;/h2,4,12H,1,3,5-10H2;/q-1;/p+1. The Morgan fingerprint density at radius 1 is 1.10 bits per heavy atom. The van der Waals surface area contributed by atoms with Gasteiger partial charge in [-0.3, -0.25) is 20.3 Å². The van der Waals surface area contributed by atoms with Gasteiger partial charge in [0.05, 0.1) is 12.8 Å². The summed E-state index contributed by atoms with van der Waals surface area (Å²) in [5, 5.41) is 10.0. The minimum atomic E-state index is -1.17. The number of nitrogens with zero attached hydrogens (tertiary/aromatic N) is 2. The van der Waals surface area contributed by atoms with E-state index < -0.39 is 36.0 Å². The largest absolute Gasteiger partial charge is 0.573 e. The number of amides is 3. The number of aliphatic hydroxyl groups is 1. The number of hydrogen-bond acceptors (Lipinski definition) is 8. The van der Waals surface area contributed by atoms with Crippen LogP contribution in [-0.4, -0.2) is 56.8 Å². The average molecular weight is 595 g/mol. The molecule has 11 nitrogen and oxygen atoms in total. The number of hydrogen-bond donors (Lipinski definition) is 1. The molecule has 1 atom stereocenters. The molecule has 2 aliphatic heterocycles. The van der Waals surface area contributed by atoms with Gasteiger partial charge in [0, 0.05) is 33.3 Å². The van der Waals surface area contributed by atoms with E-state index in [2.05, 4.69) is 0 Å². The van der Waals surface area contributed by atoms with Crippen molar-refractivity contribution in [3.8, 4) is 0 Å². The van der Waals surface area contributed by atoms with Gasteiger partial charge in [0.2, 0.25) is 5.97 Å². The molecule has 3 rings (SSSR count). The number of carbonyl (C=O) groups excluding carboxylic acids is 5. The summed E-state index contributed by atoms with van der Waals surface area (Å²) in [5.74, 6) is -2.47. The van der Waals surface area contributed by atoms with Crippen LogP contribution in [0.5, 0.6) is 0 Å². The fourth-order valence-electron chi connectivity index (χ4n) is 3.04. The zero-order valence-corrected chi connectivity index (χ0v) is 18.6. The smallest absolute Gasteiger partial charge is 0.460 e. The Kier molecular flexibility index (Phi) is 8.14. The molecular weight excluding hydrogens is 574 g/mol. The van der Waals surface area contributed by atoms with E-state index in [1.165, 1.54) is 0 Å². The predicted molar refractivity (Wildman–Crippen MR) is 91.5 cm³/mol. The molecule has 163 valence electrons. The molecule has 0 aromatic carbocycles. The summed E-state index contributed by atoms with van der Waals surface area (Å²) in [6.07, 6.45) is 2.83. The van der Waals surface area contributed by atoms with Crippen LogP contribution in [0.2, 0.25) is 0 Å². The van der Waals surface area contributed by atoms with Gasteiger partial charge in [0.1, 0.15) is 10.8 Å². The summed E-state index contributed by atoms with van der Waals surface area (Å²) in [4.78, 5) is 68.5. The van der Waals surface area contributed by atoms with Crippen LogP contribution in [0.1, 0.15) is 51.4 Å². The minimum Gasteiger partial charge on any atom is -0.460 e. The van der Waals surface area contributed by atoms with Crippen LogP contribution in [0.15, 0.2) is 12.2 Å². The molecule has 1 saturated heterocycles. The molecule has 0 spiro atoms. The van der Waals surface area contributed by atoms with E-state index in [0.717, 1.165) is 0 Å². The van der Waals surface area contributed by atoms with Gasteiger partial charge < -0.3 is 14.7 Å². The third-order valence-electron chi connectivity index (χ3n) is 4.60. The fourth-order valence-corrected chi connectivity index (χ4v) is 3.04. The van der Waals surface area contributed by atoms with Crippen molar-refractivity contribution in [2.75, 3.05) is 0 Å². The first-order valence-electron chi connectivity index (χ1n) is 9.21. The molecule has 12 heteroatoms. The van der Waals surface area contributed by atoms with E-state index in [4.69, 9.17) is 14.4 Å². The fraction of sp³-hybridized carbons (Fsp3) is 0.500. The Morgan fingerprint density at radius 2 is 1.80 bits per heavy atom. The molecule has 1 fully saturated rings. The number of ether oxygens (including phenoxy) is 1. The van der Waals surface area contributed by atoms with Crippen LogP contribution < -0.4 is 0 Å². The van der Waals surface area contributed by atoms with Crippen LogP contribution in [0.25, 0.3) is 0 Å². The van der Waals surface area contributed by atoms with Crippen molar-refractivity contribution in [1.82, 2.24) is 5.06 Å². The third-order valence-corrected chi connectivity index (χ3v) is 4.60. The number of rotatable bonds is 4. The summed E-state index contributed by atoms with van der Waals surface area (Å²) in [5.41, 5.74) is 0. The Hall–Kier alpha value is -2.71. The van der Waals surface area contributed by atoms with Crippen molar-refractivity contribution >= 4 is 35.7 Å². The van der Waals surface area contributed by atoms with E-state index in [1.807, 2.05) is 0 Å². The zero-order chi connectivity index (χ0) is 21.0. The normalized spacial score (nSPS) is 21.9. The molecule has 0 bridgehead atoms. The van der Waals surface area contributed by atoms with E-state index in [9.17, 15) is 29.1 Å². The molecule has 0 aromatic rings. The molecular formula is C18H20N2O9Re. The average Bonchev–Trinajstić information content (AvgIpc) is 3.14. The van der Waals surface area contributed by atoms with Gasteiger partial charge >= 0.3 is 18.0 Å². The van der Waals surface area contributed by atoms with Crippen LogP contribution in [0.3, 0.4) is 0 Å². The summed E-state index contributed by atoms with van der Waals surface area (Å²) in [7, 11) is 0. The molecule has 0 aromatic heterocycles. The van der Waals surface area contributed by atoms with Crippen LogP contribution in [-0.2, 0) is 54.0 Å². The Bertz CT molecular complexity index is 791. The minimum absolute atomic E-state index is 0. The van der Waals surface area contributed by atoms with Gasteiger partial charge in [-0.05, 0) is 12.5 Å². The van der Waals surface area contributed by atoms with Crippen molar-refractivity contribution < 1.29 is 68.7 Å². The topological polar surface area (TPSA) is 140 Å². The first-order chi connectivity index (χ1) is 13.8. The van der Waals surface area contributed by atoms with E-state index in [1.54, 1.807) is 12.2 Å². The molecule has 2 heterocycles. The number of hydroxylamine groups is 3. The molecule has 30 heavy (non-hydrogen) atoms. The van der Waals surface area contributed by atoms with Crippen LogP contribution >= 0.6 is 0 Å². The number of aliphatic hydroxyl groups excluding tert-OH is 1. The molecule has 1 N–H and O–H groups in total. The summed E-state index contributed by atoms with van der Waals surface area (Å²) in [6.45, 7) is 0. The van der Waals surface area contributed by atoms with Gasteiger partial charge in [-0.2, -0.15) is 17.6 Å². The van der Waals surface area contributed by atoms with Gasteiger partial charge in [-0.1, -0.05) is 12.5 Å². The zero-order valence-electron chi connectivity index (χ0n) is 15.9. The van der Waals surface area contributed by atoms with Crippen molar-refractivity contribution in [3.05, 3.63) is 18.1 Å². The van der Waals surface area contributed by atoms with E-state index >= 15 is 0 Å². The number of allylic oxidation sites excluding steroid dienone is 1. The second-order valence-corrected chi connectivity index (χ2v) is 6.67. The van der Waals surface area contributed by atoms with Crippen LogP contribution in [0.4, 0.5) is 4.79 Å². The second-order valence-electron chi connectivity index (χ2n) is 6.67. The summed E-state index contributed by atoms with van der Waals surface area (Å²) >= 11 is 0. The Balaban J connectivity index is 0.00000320. The molecule has 3 aliphatic rings. The predicted octanol–water partition coefficient (Wildman–Crippen LogP) is 1.02. The maximum Gasteiger partial charge on any atom is 0.573 e. The van der Waals surface area contributed by atoms with E-state index in [-0.39, 0.29) is 64.8 Å². The Labute approximate surface area is 185 Å². The Morgan fingerprint density at radius 3 is 2.43 bits per heavy atom. The second kappa shape index (κ2) is 10.4. The number of carbonyl (C=O) groups is 5. The van der Waals surface area contributed by atoms with Crippen LogP contribution in [0, 0.1) is 5.92 Å². The van der Waals surface area contributed by atoms with Crippen molar-refractivity contribution in [3.63, 3.8) is 0 Å². The quantitative estimate of drug-likeness (QED) is 0.126. The molecule has 1 unspecified atom stereocenters. The first-order valence-corrected chi connectivity index (χ1v) is 9.21. The summed E-state index contributed by atoms with van der Waals surface area (Å²) in [6, 6.07) is 0. The third kappa shape index (κ3) is 5.67. The van der Waals surface area contributed by atoms with Gasteiger partial charge in [0.25, 0.3) is 11.8 Å². The molecule has 1 aliphatic carbocycles. The molecule has 3 amide bonds. The molecule has 1 radical (unpaired) electrons. The number of imide groups is 1. The van der Waals surface area contributed by atoms with Gasteiger partial charge in [0.15, 0.2) is 0 Å². The monoisotopic (exact) mass is 595 g/mol. The van der Waals surface area contributed by atoms with Gasteiger partial charge in [-0.15, -0.1) is 9.90 Å². The van der Waals surface area contributed by atoms with Crippen molar-refractivity contribution in [2.45, 2.75) is 57.5 Å².